The molecule has 0 saturated heterocycles. The van der Waals surface area contributed by atoms with Gasteiger partial charge in [0.1, 0.15) is 11.6 Å². The Morgan fingerprint density at radius 1 is 0.548 bits per heavy atom. The fourth-order valence-electron chi connectivity index (χ4n) is 3.37. The standard InChI is InChI=1S/C24H29N7/c1-17-5-7-19-9-11-21(30-23(19)28-17)26-15-3-13-25-14-4-16-27-22-12-10-20-8-6-18(2)29-24(20)31-22/h5-12,25H,3-4,13-16H2,1-2H3,(H,26,28,30)(H,27,29,31). The van der Waals surface area contributed by atoms with Gasteiger partial charge in [0.05, 0.1) is 0 Å². The van der Waals surface area contributed by atoms with Crippen LogP contribution in [0.5, 0.6) is 0 Å². The van der Waals surface area contributed by atoms with Gasteiger partial charge in [-0.3, -0.25) is 0 Å². The van der Waals surface area contributed by atoms with E-state index in [0.717, 1.165) is 84.1 Å². The fraction of sp³-hybridized carbons (Fsp3) is 0.333. The van der Waals surface area contributed by atoms with E-state index >= 15 is 0 Å². The van der Waals surface area contributed by atoms with Crippen LogP contribution >= 0.6 is 0 Å². The minimum Gasteiger partial charge on any atom is -0.370 e. The molecule has 0 unspecified atom stereocenters. The molecule has 160 valence electrons. The van der Waals surface area contributed by atoms with Crippen LogP contribution in [0.25, 0.3) is 22.1 Å². The molecule has 4 aromatic heterocycles. The molecule has 4 aromatic rings. The Kier molecular flexibility index (Phi) is 6.84. The van der Waals surface area contributed by atoms with Crippen molar-refractivity contribution in [3.63, 3.8) is 0 Å². The van der Waals surface area contributed by atoms with Crippen molar-refractivity contribution in [3.05, 3.63) is 59.9 Å². The van der Waals surface area contributed by atoms with Crippen molar-refractivity contribution in [2.24, 2.45) is 0 Å². The second kappa shape index (κ2) is 10.1. The maximum atomic E-state index is 4.59. The molecule has 3 N–H and O–H groups in total. The maximum absolute atomic E-state index is 4.59. The van der Waals surface area contributed by atoms with E-state index in [9.17, 15) is 0 Å². The molecule has 31 heavy (non-hydrogen) atoms. The molecular weight excluding hydrogens is 386 g/mol. The lowest BCUT2D eigenvalue weighted by Crippen LogP contribution is -2.21. The van der Waals surface area contributed by atoms with Crippen molar-refractivity contribution in [3.8, 4) is 0 Å². The lowest BCUT2D eigenvalue weighted by atomic mass is 10.2. The summed E-state index contributed by atoms with van der Waals surface area (Å²) in [6.45, 7) is 7.66. The van der Waals surface area contributed by atoms with Gasteiger partial charge >= 0.3 is 0 Å². The molecule has 0 fully saturated rings. The van der Waals surface area contributed by atoms with Crippen molar-refractivity contribution < 1.29 is 0 Å². The first kappa shape index (κ1) is 20.9. The van der Waals surface area contributed by atoms with Crippen molar-refractivity contribution >= 4 is 33.7 Å². The third-order valence-corrected chi connectivity index (χ3v) is 5.06. The van der Waals surface area contributed by atoms with Gasteiger partial charge in [0.25, 0.3) is 0 Å². The second-order valence-corrected chi connectivity index (χ2v) is 7.70. The molecule has 4 rings (SSSR count). The highest BCUT2D eigenvalue weighted by Gasteiger charge is 2.01. The largest absolute Gasteiger partial charge is 0.370 e. The van der Waals surface area contributed by atoms with E-state index in [1.54, 1.807) is 0 Å². The summed E-state index contributed by atoms with van der Waals surface area (Å²) in [5.41, 5.74) is 3.56. The lowest BCUT2D eigenvalue weighted by Gasteiger charge is -2.09. The van der Waals surface area contributed by atoms with E-state index in [4.69, 9.17) is 0 Å². The number of pyridine rings is 4. The molecule has 0 spiro atoms. The zero-order valence-electron chi connectivity index (χ0n) is 18.2. The molecule has 0 aromatic carbocycles. The number of anilines is 2. The maximum Gasteiger partial charge on any atom is 0.161 e. The first-order chi connectivity index (χ1) is 15.2. The summed E-state index contributed by atoms with van der Waals surface area (Å²) in [6, 6.07) is 16.3. The van der Waals surface area contributed by atoms with Gasteiger partial charge in [0, 0.05) is 35.2 Å². The monoisotopic (exact) mass is 415 g/mol. The average molecular weight is 416 g/mol. The van der Waals surface area contributed by atoms with E-state index in [-0.39, 0.29) is 0 Å². The number of rotatable bonds is 10. The number of hydrogen-bond donors (Lipinski definition) is 3. The third-order valence-electron chi connectivity index (χ3n) is 5.06. The number of hydrogen-bond acceptors (Lipinski definition) is 7. The van der Waals surface area contributed by atoms with E-state index in [1.807, 2.05) is 38.1 Å². The Hall–Kier alpha value is -3.32. The third kappa shape index (κ3) is 5.86. The van der Waals surface area contributed by atoms with Crippen LogP contribution in [0.4, 0.5) is 11.6 Å². The predicted molar refractivity (Wildman–Crippen MR) is 128 cm³/mol. The second-order valence-electron chi connectivity index (χ2n) is 7.70. The summed E-state index contributed by atoms with van der Waals surface area (Å²) >= 11 is 0. The molecule has 7 nitrogen and oxygen atoms in total. The van der Waals surface area contributed by atoms with E-state index in [0.29, 0.717) is 0 Å². The zero-order valence-corrected chi connectivity index (χ0v) is 18.2. The number of nitrogens with zero attached hydrogens (tertiary/aromatic N) is 4. The van der Waals surface area contributed by atoms with Crippen LogP contribution in [0.1, 0.15) is 24.2 Å². The smallest absolute Gasteiger partial charge is 0.161 e. The highest BCUT2D eigenvalue weighted by molar-refractivity contribution is 5.77. The molecular formula is C24H29N7. The van der Waals surface area contributed by atoms with Crippen molar-refractivity contribution in [2.45, 2.75) is 26.7 Å². The number of aryl methyl sites for hydroxylation is 2. The summed E-state index contributed by atoms with van der Waals surface area (Å²) in [6.07, 6.45) is 2.07. The Morgan fingerprint density at radius 2 is 1.00 bits per heavy atom. The van der Waals surface area contributed by atoms with Gasteiger partial charge in [-0.2, -0.15) is 0 Å². The molecule has 4 heterocycles. The van der Waals surface area contributed by atoms with Crippen LogP contribution in [0, 0.1) is 13.8 Å². The van der Waals surface area contributed by atoms with Crippen LogP contribution < -0.4 is 16.0 Å². The zero-order chi connectivity index (χ0) is 21.5. The van der Waals surface area contributed by atoms with Gasteiger partial charge in [-0.1, -0.05) is 0 Å². The Balaban J connectivity index is 1.10. The van der Waals surface area contributed by atoms with Crippen LogP contribution in [-0.4, -0.2) is 46.1 Å². The van der Waals surface area contributed by atoms with Crippen molar-refractivity contribution in [1.82, 2.24) is 25.3 Å². The van der Waals surface area contributed by atoms with E-state index in [2.05, 4.69) is 60.2 Å². The van der Waals surface area contributed by atoms with Gasteiger partial charge in [-0.05, 0) is 88.3 Å². The van der Waals surface area contributed by atoms with E-state index in [1.165, 1.54) is 0 Å². The molecule has 0 aliphatic carbocycles. The van der Waals surface area contributed by atoms with E-state index < -0.39 is 0 Å². The van der Waals surface area contributed by atoms with Crippen molar-refractivity contribution in [1.29, 1.82) is 0 Å². The number of fused-ring (bicyclic) bond motifs is 2. The normalized spacial score (nSPS) is 11.2. The minimum absolute atomic E-state index is 0.794. The molecule has 0 saturated carbocycles. The Labute approximate surface area is 182 Å². The van der Waals surface area contributed by atoms with Crippen LogP contribution in [-0.2, 0) is 0 Å². The predicted octanol–water partition coefficient (Wildman–Crippen LogP) is 4.08. The summed E-state index contributed by atoms with van der Waals surface area (Å²) in [4.78, 5) is 18.1. The number of nitrogens with one attached hydrogen (secondary N) is 3. The summed E-state index contributed by atoms with van der Waals surface area (Å²) in [5, 5.41) is 12.4. The molecule has 0 bridgehead atoms. The van der Waals surface area contributed by atoms with Crippen LogP contribution in [0.3, 0.4) is 0 Å². The SMILES string of the molecule is Cc1ccc2ccc(NCCCNCCCNc3ccc4ccc(C)nc4n3)nc2n1. The van der Waals surface area contributed by atoms with Crippen molar-refractivity contribution in [2.75, 3.05) is 36.8 Å². The summed E-state index contributed by atoms with van der Waals surface area (Å²) < 4.78 is 0. The quantitative estimate of drug-likeness (QED) is 0.336. The first-order valence-corrected chi connectivity index (χ1v) is 10.8. The Morgan fingerprint density at radius 3 is 1.48 bits per heavy atom. The minimum atomic E-state index is 0.794. The van der Waals surface area contributed by atoms with Crippen LogP contribution in [0.15, 0.2) is 48.5 Å². The summed E-state index contributed by atoms with van der Waals surface area (Å²) in [5.74, 6) is 1.75. The lowest BCUT2D eigenvalue weighted by molar-refractivity contribution is 0.642. The molecule has 0 amide bonds. The Bertz CT molecular complexity index is 1070. The highest BCUT2D eigenvalue weighted by atomic mass is 15.0. The first-order valence-electron chi connectivity index (χ1n) is 10.8. The number of aromatic nitrogens is 4. The van der Waals surface area contributed by atoms with Gasteiger partial charge in [0.2, 0.25) is 0 Å². The average Bonchev–Trinajstić information content (AvgIpc) is 2.77. The topological polar surface area (TPSA) is 87.6 Å². The van der Waals surface area contributed by atoms with Gasteiger partial charge in [0.15, 0.2) is 11.3 Å². The molecule has 0 aliphatic heterocycles. The molecule has 0 aliphatic rings. The highest BCUT2D eigenvalue weighted by Crippen LogP contribution is 2.14. The summed E-state index contributed by atoms with van der Waals surface area (Å²) in [7, 11) is 0. The van der Waals surface area contributed by atoms with Gasteiger partial charge < -0.3 is 16.0 Å². The molecule has 0 radical (unpaired) electrons. The van der Waals surface area contributed by atoms with Crippen LogP contribution in [0.2, 0.25) is 0 Å². The van der Waals surface area contributed by atoms with Gasteiger partial charge in [-0.25, -0.2) is 19.9 Å². The fourth-order valence-corrected chi connectivity index (χ4v) is 3.37. The molecule has 0 atom stereocenters. The van der Waals surface area contributed by atoms with Gasteiger partial charge in [-0.15, -0.1) is 0 Å². The molecule has 7 heteroatoms.